The fourth-order valence-electron chi connectivity index (χ4n) is 4.94. The number of benzene rings is 1. The minimum atomic E-state index is -1.08. The van der Waals surface area contributed by atoms with E-state index in [0.717, 1.165) is 31.2 Å². The van der Waals surface area contributed by atoms with Crippen LogP contribution in [0.3, 0.4) is 0 Å². The largest absolute Gasteiger partial charge is 0.498 e. The van der Waals surface area contributed by atoms with Crippen molar-refractivity contribution >= 4 is 18.2 Å². The van der Waals surface area contributed by atoms with Gasteiger partial charge in [-0.3, -0.25) is 4.48 Å². The topological polar surface area (TPSA) is 105 Å². The summed E-state index contributed by atoms with van der Waals surface area (Å²) in [6.07, 6.45) is 3.56. The first kappa shape index (κ1) is 26.0. The molecule has 1 heterocycles. The van der Waals surface area contributed by atoms with Crippen LogP contribution in [0.25, 0.3) is 0 Å². The first-order chi connectivity index (χ1) is 16.1. The van der Waals surface area contributed by atoms with Gasteiger partial charge in [-0.05, 0) is 58.8 Å². The van der Waals surface area contributed by atoms with Crippen molar-refractivity contribution < 1.29 is 33.4 Å². The number of ether oxygens (including phenoxy) is 2. The number of carbonyl (C=O) groups excluding carboxylic acids is 3. The Labute approximate surface area is 202 Å². The number of hydrogen-bond donors (Lipinski definition) is 1. The lowest BCUT2D eigenvalue weighted by atomic mass is 9.88. The highest BCUT2D eigenvalue weighted by atomic mass is 16.6. The van der Waals surface area contributed by atoms with Gasteiger partial charge in [0.2, 0.25) is 0 Å². The molecule has 1 unspecified atom stereocenters. The summed E-state index contributed by atoms with van der Waals surface area (Å²) in [5.74, 6) is -0.356. The molecule has 1 saturated carbocycles. The molecular weight excluding hydrogens is 436 g/mol. The Morgan fingerprint density at radius 2 is 1.68 bits per heavy atom. The first-order valence-corrected chi connectivity index (χ1v) is 12.4. The van der Waals surface area contributed by atoms with E-state index in [2.05, 4.69) is 5.32 Å². The zero-order chi connectivity index (χ0) is 24.8. The third kappa shape index (κ3) is 7.45. The summed E-state index contributed by atoms with van der Waals surface area (Å²) in [5.41, 5.74) is 0.271. The fourth-order valence-corrected chi connectivity index (χ4v) is 4.94. The van der Waals surface area contributed by atoms with E-state index in [1.807, 2.05) is 30.3 Å². The fraction of sp³-hybridized carbons (Fsp3) is 0.654. The van der Waals surface area contributed by atoms with Crippen molar-refractivity contribution in [2.24, 2.45) is 5.92 Å². The quantitative estimate of drug-likeness (QED) is 0.479. The van der Waals surface area contributed by atoms with Crippen molar-refractivity contribution in [2.45, 2.75) is 90.0 Å². The maximum absolute atomic E-state index is 13.0. The second-order valence-electron chi connectivity index (χ2n) is 10.7. The molecule has 34 heavy (non-hydrogen) atoms. The molecule has 1 aromatic rings. The number of carboxylic acid groups (broad SMARTS) is 1. The van der Waals surface area contributed by atoms with Crippen LogP contribution in [0.5, 0.6) is 0 Å². The van der Waals surface area contributed by atoms with Crippen LogP contribution < -0.4 is 10.4 Å². The Bertz CT molecular complexity index is 837. The number of hydrogen-bond acceptors (Lipinski definition) is 6. The molecule has 1 N–H and O–H groups in total. The molecule has 8 heteroatoms. The molecule has 8 nitrogen and oxygen atoms in total. The number of alkyl carbamates (subject to hydrolysis) is 1. The molecule has 2 fully saturated rings. The molecule has 2 aliphatic rings. The first-order valence-electron chi connectivity index (χ1n) is 12.4. The molecule has 0 aromatic heterocycles. The standard InChI is InChI=1S/C26H38N2O6/c1-26(2,3)34-24(30)27-22(23(29)33-21-11-7-8-12-21)17-19-13-15-28(16-14-19,25(31)32)18-20-9-5-4-6-10-20/h4-6,9-10,19,21-22H,7-8,11-18H2,1-3H3,(H-,27,30,31,32). The van der Waals surface area contributed by atoms with Gasteiger partial charge in [-0.25, -0.2) is 9.59 Å². The third-order valence-electron chi connectivity index (χ3n) is 6.78. The minimum absolute atomic E-state index is 0.0810. The number of quaternary nitrogens is 1. The second-order valence-corrected chi connectivity index (χ2v) is 10.7. The molecule has 2 amide bonds. The Hall–Kier alpha value is -2.61. The molecule has 0 radical (unpaired) electrons. The van der Waals surface area contributed by atoms with E-state index >= 15 is 0 Å². The van der Waals surface area contributed by atoms with Crippen LogP contribution in [0.1, 0.15) is 71.3 Å². The van der Waals surface area contributed by atoms with Crippen molar-refractivity contribution in [3.05, 3.63) is 35.9 Å². The van der Waals surface area contributed by atoms with Crippen LogP contribution in [-0.2, 0) is 20.8 Å². The van der Waals surface area contributed by atoms with Crippen LogP contribution in [0.2, 0.25) is 0 Å². The molecule has 1 atom stereocenters. The highest BCUT2D eigenvalue weighted by Crippen LogP contribution is 2.30. The van der Waals surface area contributed by atoms with Crippen molar-refractivity contribution in [2.75, 3.05) is 13.1 Å². The van der Waals surface area contributed by atoms with E-state index < -0.39 is 29.8 Å². The van der Waals surface area contributed by atoms with Gasteiger partial charge < -0.3 is 24.7 Å². The number of piperidine rings is 1. The van der Waals surface area contributed by atoms with Gasteiger partial charge in [0.1, 0.15) is 24.3 Å². The lowest BCUT2D eigenvalue weighted by Gasteiger charge is -2.43. The number of nitrogens with one attached hydrogen (secondary N) is 1. The lowest BCUT2D eigenvalue weighted by Crippen LogP contribution is -2.61. The predicted octanol–water partition coefficient (Wildman–Crippen LogP) is 3.53. The average Bonchev–Trinajstić information content (AvgIpc) is 3.27. The molecule has 0 spiro atoms. The molecule has 188 valence electrons. The number of amides is 2. The van der Waals surface area contributed by atoms with Gasteiger partial charge >= 0.3 is 12.1 Å². The predicted molar refractivity (Wildman–Crippen MR) is 124 cm³/mol. The summed E-state index contributed by atoms with van der Waals surface area (Å²) < 4.78 is 10.9. The Morgan fingerprint density at radius 3 is 2.24 bits per heavy atom. The van der Waals surface area contributed by atoms with Gasteiger partial charge in [0.25, 0.3) is 6.09 Å². The zero-order valence-electron chi connectivity index (χ0n) is 20.6. The van der Waals surface area contributed by atoms with Gasteiger partial charge in [0.05, 0.1) is 13.1 Å². The SMILES string of the molecule is CC(C)(C)OC(=O)NC(CC1CC[N+](Cc2ccccc2)(C(=O)[O-])CC1)C(=O)OC1CCCC1. The van der Waals surface area contributed by atoms with Crippen LogP contribution in [0, 0.1) is 5.92 Å². The summed E-state index contributed by atoms with van der Waals surface area (Å²) in [7, 11) is 0. The van der Waals surface area contributed by atoms with Gasteiger partial charge in [0, 0.05) is 18.4 Å². The van der Waals surface area contributed by atoms with Crippen molar-refractivity contribution in [1.29, 1.82) is 0 Å². The second kappa shape index (κ2) is 11.2. The van der Waals surface area contributed by atoms with Crippen molar-refractivity contribution in [3.63, 3.8) is 0 Å². The van der Waals surface area contributed by atoms with E-state index in [-0.39, 0.29) is 16.5 Å². The highest BCUT2D eigenvalue weighted by Gasteiger charge is 2.39. The summed E-state index contributed by atoms with van der Waals surface area (Å²) >= 11 is 0. The summed E-state index contributed by atoms with van der Waals surface area (Å²) in [5, 5.41) is 14.8. The van der Waals surface area contributed by atoms with Crippen LogP contribution in [0.4, 0.5) is 9.59 Å². The zero-order valence-corrected chi connectivity index (χ0v) is 20.6. The molecule has 1 aromatic carbocycles. The Morgan fingerprint density at radius 1 is 1.06 bits per heavy atom. The van der Waals surface area contributed by atoms with Crippen LogP contribution in [-0.4, -0.2) is 53.5 Å². The van der Waals surface area contributed by atoms with Gasteiger partial charge in [-0.1, -0.05) is 30.3 Å². The van der Waals surface area contributed by atoms with Gasteiger partial charge in [0.15, 0.2) is 0 Å². The Balaban J connectivity index is 1.64. The number of nitrogens with zero attached hydrogens (tertiary/aromatic N) is 1. The lowest BCUT2D eigenvalue weighted by molar-refractivity contribution is -0.894. The van der Waals surface area contributed by atoms with Gasteiger partial charge in [-0.2, -0.15) is 0 Å². The molecule has 3 rings (SSSR count). The molecule has 1 saturated heterocycles. The van der Waals surface area contributed by atoms with Crippen LogP contribution in [0.15, 0.2) is 30.3 Å². The van der Waals surface area contributed by atoms with E-state index in [1.54, 1.807) is 20.8 Å². The van der Waals surface area contributed by atoms with E-state index in [0.29, 0.717) is 38.9 Å². The smallest absolute Gasteiger partial charge is 0.408 e. The third-order valence-corrected chi connectivity index (χ3v) is 6.78. The molecule has 0 bridgehead atoms. The summed E-state index contributed by atoms with van der Waals surface area (Å²) in [6.45, 7) is 6.51. The Kier molecular flexibility index (Phi) is 8.57. The van der Waals surface area contributed by atoms with E-state index in [9.17, 15) is 19.5 Å². The molecule has 1 aliphatic carbocycles. The van der Waals surface area contributed by atoms with Crippen LogP contribution >= 0.6 is 0 Å². The van der Waals surface area contributed by atoms with Crippen molar-refractivity contribution in [1.82, 2.24) is 5.32 Å². The van der Waals surface area contributed by atoms with E-state index in [4.69, 9.17) is 9.47 Å². The number of esters is 1. The normalized spacial score (nSPS) is 24.3. The average molecular weight is 475 g/mol. The minimum Gasteiger partial charge on any atom is -0.498 e. The maximum Gasteiger partial charge on any atom is 0.408 e. The number of carbonyl (C=O) groups is 3. The molecular formula is C26H38N2O6. The maximum atomic E-state index is 13.0. The highest BCUT2D eigenvalue weighted by molar-refractivity contribution is 5.81. The van der Waals surface area contributed by atoms with Crippen molar-refractivity contribution in [3.8, 4) is 0 Å². The summed E-state index contributed by atoms with van der Waals surface area (Å²) in [6, 6.07) is 8.73. The van der Waals surface area contributed by atoms with E-state index in [1.165, 1.54) is 0 Å². The number of rotatable bonds is 7. The number of likely N-dealkylation sites (tertiary alicyclic amines) is 1. The van der Waals surface area contributed by atoms with Gasteiger partial charge in [-0.15, -0.1) is 0 Å². The molecule has 1 aliphatic heterocycles. The monoisotopic (exact) mass is 474 g/mol. The summed E-state index contributed by atoms with van der Waals surface area (Å²) in [4.78, 5) is 37.5.